The van der Waals surface area contributed by atoms with Gasteiger partial charge >= 0.3 is 0 Å². The second-order valence-corrected chi connectivity index (χ2v) is 4.00. The number of aryl methyl sites for hydroxylation is 2. The van der Waals surface area contributed by atoms with E-state index >= 15 is 0 Å². The van der Waals surface area contributed by atoms with Crippen LogP contribution in [0.3, 0.4) is 0 Å². The summed E-state index contributed by atoms with van der Waals surface area (Å²) in [6.45, 7) is 1.84. The van der Waals surface area contributed by atoms with Gasteiger partial charge in [-0.05, 0) is 30.1 Å². The Morgan fingerprint density at radius 2 is 2.07 bits per heavy atom. The molecule has 0 atom stereocenters. The molecule has 0 aliphatic rings. The van der Waals surface area contributed by atoms with Crippen molar-refractivity contribution < 1.29 is 0 Å². The van der Waals surface area contributed by atoms with Crippen LogP contribution in [0.15, 0.2) is 23.0 Å². The number of hydrogen-bond acceptors (Lipinski definition) is 1. The third-order valence-electron chi connectivity index (χ3n) is 2.66. The van der Waals surface area contributed by atoms with Crippen molar-refractivity contribution >= 4 is 35.8 Å². The summed E-state index contributed by atoms with van der Waals surface area (Å²) in [6.07, 6.45) is 0. The van der Waals surface area contributed by atoms with E-state index < -0.39 is 0 Å². The minimum atomic E-state index is -0.178. The Bertz CT molecular complexity index is 604. The number of fused-ring (bicyclic) bond motifs is 1. The highest BCUT2D eigenvalue weighted by molar-refractivity contribution is 6.34. The van der Waals surface area contributed by atoms with Crippen LogP contribution in [0.4, 0.5) is 0 Å². The molecule has 0 unspecified atom stereocenters. The van der Waals surface area contributed by atoms with E-state index in [1.54, 1.807) is 19.2 Å². The number of hydrogen-bond donors (Lipinski definition) is 0. The standard InChI is InChI=1S/C11H9BClNO/c1-6-8-4-3-7(13)5-9(8)14(2)11(15)10(6)12/h3-5H,1-2H3. The van der Waals surface area contributed by atoms with E-state index in [0.717, 1.165) is 16.5 Å². The Morgan fingerprint density at radius 3 is 2.73 bits per heavy atom. The molecule has 1 aromatic heterocycles. The van der Waals surface area contributed by atoms with E-state index in [2.05, 4.69) is 0 Å². The predicted octanol–water partition coefficient (Wildman–Crippen LogP) is 1.29. The van der Waals surface area contributed by atoms with Gasteiger partial charge in [0.1, 0.15) is 7.85 Å². The number of nitrogens with zero attached hydrogens (tertiary/aromatic N) is 1. The molecular formula is C11H9BClNO. The van der Waals surface area contributed by atoms with Gasteiger partial charge in [-0.1, -0.05) is 17.7 Å². The molecule has 0 amide bonds. The lowest BCUT2D eigenvalue weighted by Crippen LogP contribution is -2.35. The van der Waals surface area contributed by atoms with Gasteiger partial charge in [0.05, 0.1) is 5.52 Å². The molecule has 0 fully saturated rings. The smallest absolute Gasteiger partial charge is 0.243 e. The lowest BCUT2D eigenvalue weighted by molar-refractivity contribution is 0.912. The maximum atomic E-state index is 11.7. The number of halogens is 1. The monoisotopic (exact) mass is 217 g/mol. The molecule has 2 aromatic rings. The van der Waals surface area contributed by atoms with E-state index in [-0.39, 0.29) is 5.56 Å². The molecule has 0 aliphatic carbocycles. The van der Waals surface area contributed by atoms with Crippen LogP contribution in [0, 0.1) is 6.92 Å². The molecule has 4 heteroatoms. The molecule has 0 saturated carbocycles. The van der Waals surface area contributed by atoms with Crippen LogP contribution in [0.2, 0.25) is 5.02 Å². The molecular weight excluding hydrogens is 208 g/mol. The largest absolute Gasteiger partial charge is 0.312 e. The average molecular weight is 217 g/mol. The number of aromatic nitrogens is 1. The van der Waals surface area contributed by atoms with E-state index in [4.69, 9.17) is 19.4 Å². The molecule has 0 spiro atoms. The molecule has 1 heterocycles. The topological polar surface area (TPSA) is 22.0 Å². The van der Waals surface area contributed by atoms with Crippen molar-refractivity contribution in [1.29, 1.82) is 0 Å². The van der Waals surface area contributed by atoms with E-state index in [1.807, 2.05) is 13.0 Å². The van der Waals surface area contributed by atoms with Crippen LogP contribution in [0.1, 0.15) is 5.56 Å². The van der Waals surface area contributed by atoms with Gasteiger partial charge in [-0.2, -0.15) is 0 Å². The molecule has 0 N–H and O–H groups in total. The molecule has 0 aliphatic heterocycles. The molecule has 15 heavy (non-hydrogen) atoms. The Hall–Kier alpha value is -1.22. The van der Waals surface area contributed by atoms with Gasteiger partial charge < -0.3 is 4.57 Å². The molecule has 74 valence electrons. The van der Waals surface area contributed by atoms with Gasteiger partial charge in [0, 0.05) is 17.5 Å². The number of rotatable bonds is 0. The van der Waals surface area contributed by atoms with Crippen molar-refractivity contribution in [2.24, 2.45) is 7.05 Å². The molecule has 2 nitrogen and oxygen atoms in total. The molecule has 0 bridgehead atoms. The maximum Gasteiger partial charge on any atom is 0.243 e. The summed E-state index contributed by atoms with van der Waals surface area (Å²) < 4.78 is 1.52. The average Bonchev–Trinajstić information content (AvgIpc) is 2.23. The second kappa shape index (κ2) is 3.42. The first kappa shape index (κ1) is 10.3. The van der Waals surface area contributed by atoms with Crippen molar-refractivity contribution in [3.63, 3.8) is 0 Å². The van der Waals surface area contributed by atoms with Gasteiger partial charge in [-0.3, -0.25) is 4.79 Å². The Morgan fingerprint density at radius 1 is 1.40 bits per heavy atom. The maximum absolute atomic E-state index is 11.7. The zero-order valence-electron chi connectivity index (χ0n) is 8.54. The SMILES string of the molecule is [B]c1c(C)c2ccc(Cl)cc2n(C)c1=O. The first-order valence-electron chi connectivity index (χ1n) is 4.56. The Kier molecular flexibility index (Phi) is 2.35. The summed E-state index contributed by atoms with van der Waals surface area (Å²) in [5, 5.41) is 1.57. The zero-order chi connectivity index (χ0) is 11.2. The molecule has 2 rings (SSSR count). The second-order valence-electron chi connectivity index (χ2n) is 3.56. The van der Waals surface area contributed by atoms with Crippen molar-refractivity contribution in [2.75, 3.05) is 0 Å². The third-order valence-corrected chi connectivity index (χ3v) is 2.90. The summed E-state index contributed by atoms with van der Waals surface area (Å²) in [4.78, 5) is 11.7. The summed E-state index contributed by atoms with van der Waals surface area (Å²) in [7, 11) is 7.41. The quantitative estimate of drug-likeness (QED) is 0.610. The fourth-order valence-electron chi connectivity index (χ4n) is 1.69. The van der Waals surface area contributed by atoms with Gasteiger partial charge in [0.2, 0.25) is 5.56 Å². The molecule has 2 radical (unpaired) electrons. The third kappa shape index (κ3) is 1.47. The van der Waals surface area contributed by atoms with E-state index in [1.165, 1.54) is 4.57 Å². The Labute approximate surface area is 93.9 Å². The molecule has 0 saturated heterocycles. The Balaban J connectivity index is 3.07. The highest BCUT2D eigenvalue weighted by Gasteiger charge is 2.07. The first-order chi connectivity index (χ1) is 7.02. The van der Waals surface area contributed by atoms with Crippen LogP contribution in [0.5, 0.6) is 0 Å². The lowest BCUT2D eigenvalue weighted by Gasteiger charge is -2.10. The lowest BCUT2D eigenvalue weighted by atomic mass is 9.90. The highest BCUT2D eigenvalue weighted by atomic mass is 35.5. The van der Waals surface area contributed by atoms with Crippen molar-refractivity contribution in [2.45, 2.75) is 6.92 Å². The summed E-state index contributed by atoms with van der Waals surface area (Å²) in [5.74, 6) is 0. The number of benzene rings is 1. The zero-order valence-corrected chi connectivity index (χ0v) is 9.30. The number of pyridine rings is 1. The first-order valence-corrected chi connectivity index (χ1v) is 4.94. The van der Waals surface area contributed by atoms with Gasteiger partial charge in [-0.15, -0.1) is 0 Å². The van der Waals surface area contributed by atoms with Crippen molar-refractivity contribution in [1.82, 2.24) is 4.57 Å². The van der Waals surface area contributed by atoms with E-state index in [0.29, 0.717) is 10.5 Å². The van der Waals surface area contributed by atoms with Crippen LogP contribution in [-0.2, 0) is 7.05 Å². The minimum absolute atomic E-state index is 0.178. The van der Waals surface area contributed by atoms with Crippen LogP contribution >= 0.6 is 11.6 Å². The van der Waals surface area contributed by atoms with Gasteiger partial charge in [-0.25, -0.2) is 0 Å². The van der Waals surface area contributed by atoms with Crippen molar-refractivity contribution in [3.8, 4) is 0 Å². The molecule has 1 aromatic carbocycles. The van der Waals surface area contributed by atoms with Crippen molar-refractivity contribution in [3.05, 3.63) is 39.1 Å². The highest BCUT2D eigenvalue weighted by Crippen LogP contribution is 2.19. The predicted molar refractivity (Wildman–Crippen MR) is 64.3 cm³/mol. The van der Waals surface area contributed by atoms with Crippen LogP contribution in [-0.4, -0.2) is 12.4 Å². The fourth-order valence-corrected chi connectivity index (χ4v) is 1.86. The van der Waals surface area contributed by atoms with E-state index in [9.17, 15) is 4.79 Å². The fraction of sp³-hybridized carbons (Fsp3) is 0.182. The van der Waals surface area contributed by atoms with Gasteiger partial charge in [0.15, 0.2) is 0 Å². The van der Waals surface area contributed by atoms with Gasteiger partial charge in [0.25, 0.3) is 0 Å². The normalized spacial score (nSPS) is 10.9. The summed E-state index contributed by atoms with van der Waals surface area (Å²) in [5.41, 5.74) is 1.73. The summed E-state index contributed by atoms with van der Waals surface area (Å²) >= 11 is 5.89. The van der Waals surface area contributed by atoms with Crippen LogP contribution in [0.25, 0.3) is 10.9 Å². The minimum Gasteiger partial charge on any atom is -0.312 e. The van der Waals surface area contributed by atoms with Crippen LogP contribution < -0.4 is 11.0 Å². The summed E-state index contributed by atoms with van der Waals surface area (Å²) in [6, 6.07) is 5.44.